The van der Waals surface area contributed by atoms with Crippen molar-refractivity contribution in [3.05, 3.63) is 51.7 Å². The standard InChI is InChI=1S/C19H19FN2O4S/c1-26-19(25)22-17(24)15-13-5-3-2-4-6-14(13)27-18(15)21-16(23)11-7-9-12(20)10-8-11/h7-10H,2-6H2,1H3,(H,21,23)(H,22,24,25). The number of imide groups is 1. The number of benzene rings is 1. The molecule has 1 aromatic heterocycles. The minimum Gasteiger partial charge on any atom is -0.453 e. The lowest BCUT2D eigenvalue weighted by atomic mass is 10.0. The maximum absolute atomic E-state index is 13.1. The van der Waals surface area contributed by atoms with Gasteiger partial charge in [-0.25, -0.2) is 9.18 Å². The number of amides is 3. The van der Waals surface area contributed by atoms with Crippen LogP contribution in [0.3, 0.4) is 0 Å². The number of carbonyl (C=O) groups is 3. The third kappa shape index (κ3) is 4.33. The lowest BCUT2D eigenvalue weighted by molar-refractivity contribution is 0.0937. The fraction of sp³-hybridized carbons (Fsp3) is 0.316. The SMILES string of the molecule is COC(=O)NC(=O)c1c(NC(=O)c2ccc(F)cc2)sc2c1CCCCC2. The van der Waals surface area contributed by atoms with Crippen LogP contribution < -0.4 is 10.6 Å². The van der Waals surface area contributed by atoms with Gasteiger partial charge in [0.2, 0.25) is 0 Å². The summed E-state index contributed by atoms with van der Waals surface area (Å²) in [6.45, 7) is 0. The molecule has 0 saturated heterocycles. The third-order valence-corrected chi connectivity index (χ3v) is 5.59. The van der Waals surface area contributed by atoms with E-state index in [2.05, 4.69) is 15.4 Å². The molecule has 2 N–H and O–H groups in total. The van der Waals surface area contributed by atoms with E-state index in [4.69, 9.17) is 0 Å². The van der Waals surface area contributed by atoms with Gasteiger partial charge in [0.25, 0.3) is 11.8 Å². The fourth-order valence-electron chi connectivity index (χ4n) is 3.05. The topological polar surface area (TPSA) is 84.5 Å². The maximum Gasteiger partial charge on any atom is 0.413 e. The van der Waals surface area contributed by atoms with Gasteiger partial charge in [-0.2, -0.15) is 0 Å². The average Bonchev–Trinajstić information content (AvgIpc) is 2.82. The number of rotatable bonds is 3. The number of thiophene rings is 1. The molecular formula is C19H19FN2O4S. The van der Waals surface area contributed by atoms with Gasteiger partial charge in [-0.05, 0) is 55.5 Å². The molecule has 1 aliphatic rings. The third-order valence-electron chi connectivity index (χ3n) is 4.38. The van der Waals surface area contributed by atoms with Crippen molar-refractivity contribution in [2.24, 2.45) is 0 Å². The van der Waals surface area contributed by atoms with Gasteiger partial charge in [-0.1, -0.05) is 6.42 Å². The largest absolute Gasteiger partial charge is 0.453 e. The van der Waals surface area contributed by atoms with Crippen LogP contribution in [-0.4, -0.2) is 25.0 Å². The van der Waals surface area contributed by atoms with Gasteiger partial charge in [0.1, 0.15) is 10.8 Å². The number of anilines is 1. The summed E-state index contributed by atoms with van der Waals surface area (Å²) in [6.07, 6.45) is 3.69. The van der Waals surface area contributed by atoms with E-state index in [1.807, 2.05) is 0 Å². The molecule has 0 atom stereocenters. The average molecular weight is 390 g/mol. The van der Waals surface area contributed by atoms with Crippen molar-refractivity contribution in [3.63, 3.8) is 0 Å². The number of methoxy groups -OCH3 is 1. The molecule has 0 radical (unpaired) electrons. The van der Waals surface area contributed by atoms with E-state index >= 15 is 0 Å². The number of fused-ring (bicyclic) bond motifs is 1. The summed E-state index contributed by atoms with van der Waals surface area (Å²) in [4.78, 5) is 37.7. The molecule has 3 amide bonds. The van der Waals surface area contributed by atoms with Crippen molar-refractivity contribution in [2.75, 3.05) is 12.4 Å². The molecule has 1 aromatic carbocycles. The second-order valence-corrected chi connectivity index (χ2v) is 7.28. The van der Waals surface area contributed by atoms with E-state index in [0.29, 0.717) is 17.0 Å². The van der Waals surface area contributed by atoms with E-state index in [0.717, 1.165) is 36.1 Å². The zero-order valence-electron chi connectivity index (χ0n) is 14.8. The Morgan fingerprint density at radius 3 is 2.44 bits per heavy atom. The molecule has 1 aliphatic carbocycles. The van der Waals surface area contributed by atoms with E-state index in [1.54, 1.807) is 0 Å². The summed E-state index contributed by atoms with van der Waals surface area (Å²) in [5, 5.41) is 5.30. The first-order valence-electron chi connectivity index (χ1n) is 8.60. The second-order valence-electron chi connectivity index (χ2n) is 6.18. The van der Waals surface area contributed by atoms with Crippen LogP contribution in [0.25, 0.3) is 0 Å². The zero-order chi connectivity index (χ0) is 19.4. The Bertz CT molecular complexity index is 877. The summed E-state index contributed by atoms with van der Waals surface area (Å²) in [6, 6.07) is 5.14. The van der Waals surface area contributed by atoms with Crippen molar-refractivity contribution < 1.29 is 23.5 Å². The Morgan fingerprint density at radius 1 is 1.04 bits per heavy atom. The minimum absolute atomic E-state index is 0.277. The zero-order valence-corrected chi connectivity index (χ0v) is 15.6. The number of nitrogens with one attached hydrogen (secondary N) is 2. The highest BCUT2D eigenvalue weighted by Gasteiger charge is 2.27. The van der Waals surface area contributed by atoms with Crippen LogP contribution in [0.1, 0.15) is 50.4 Å². The predicted molar refractivity (Wildman–Crippen MR) is 99.8 cm³/mol. The van der Waals surface area contributed by atoms with Crippen LogP contribution in [0.5, 0.6) is 0 Å². The van der Waals surface area contributed by atoms with Gasteiger partial charge >= 0.3 is 6.09 Å². The molecule has 1 heterocycles. The van der Waals surface area contributed by atoms with Crippen molar-refractivity contribution >= 4 is 34.2 Å². The lowest BCUT2D eigenvalue weighted by Gasteiger charge is -2.09. The maximum atomic E-state index is 13.1. The Balaban J connectivity index is 1.93. The quantitative estimate of drug-likeness (QED) is 0.779. The molecule has 3 rings (SSSR count). The molecule has 0 unspecified atom stereocenters. The molecule has 0 spiro atoms. The molecular weight excluding hydrogens is 371 g/mol. The Hall–Kier alpha value is -2.74. The number of halogens is 1. The van der Waals surface area contributed by atoms with E-state index in [1.165, 1.54) is 42.7 Å². The first-order valence-corrected chi connectivity index (χ1v) is 9.42. The normalized spacial score (nSPS) is 13.3. The molecule has 6 nitrogen and oxygen atoms in total. The number of hydrogen-bond acceptors (Lipinski definition) is 5. The van der Waals surface area contributed by atoms with Gasteiger partial charge < -0.3 is 10.1 Å². The number of ether oxygens (including phenoxy) is 1. The highest BCUT2D eigenvalue weighted by atomic mass is 32.1. The van der Waals surface area contributed by atoms with E-state index < -0.39 is 23.7 Å². The number of alkyl carbamates (subject to hydrolysis) is 1. The first-order chi connectivity index (χ1) is 13.0. The Labute approximate surface area is 159 Å². The van der Waals surface area contributed by atoms with Gasteiger partial charge in [-0.3, -0.25) is 14.9 Å². The van der Waals surface area contributed by atoms with E-state index in [9.17, 15) is 18.8 Å². The number of hydrogen-bond donors (Lipinski definition) is 2. The number of aryl methyl sites for hydroxylation is 1. The van der Waals surface area contributed by atoms with Crippen molar-refractivity contribution in [1.29, 1.82) is 0 Å². The van der Waals surface area contributed by atoms with Gasteiger partial charge in [0.05, 0.1) is 12.7 Å². The van der Waals surface area contributed by atoms with Crippen molar-refractivity contribution in [1.82, 2.24) is 5.32 Å². The van der Waals surface area contributed by atoms with Crippen LogP contribution in [0.4, 0.5) is 14.2 Å². The van der Waals surface area contributed by atoms with Crippen LogP contribution in [0.2, 0.25) is 0 Å². The first kappa shape index (κ1) is 19.0. The molecule has 2 aromatic rings. The summed E-state index contributed by atoms with van der Waals surface area (Å²) in [7, 11) is 1.17. The Morgan fingerprint density at radius 2 is 1.74 bits per heavy atom. The summed E-state index contributed by atoms with van der Waals surface area (Å²) >= 11 is 1.35. The second kappa shape index (κ2) is 8.30. The highest BCUT2D eigenvalue weighted by Crippen LogP contribution is 2.37. The fourth-order valence-corrected chi connectivity index (χ4v) is 4.34. The van der Waals surface area contributed by atoms with Crippen molar-refractivity contribution in [3.8, 4) is 0 Å². The molecule has 8 heteroatoms. The number of carbonyl (C=O) groups excluding carboxylic acids is 3. The molecule has 27 heavy (non-hydrogen) atoms. The monoisotopic (exact) mass is 390 g/mol. The summed E-state index contributed by atoms with van der Waals surface area (Å²) < 4.78 is 17.6. The van der Waals surface area contributed by atoms with Gasteiger partial charge in [0.15, 0.2) is 0 Å². The van der Waals surface area contributed by atoms with Crippen LogP contribution in [-0.2, 0) is 17.6 Å². The van der Waals surface area contributed by atoms with E-state index in [-0.39, 0.29) is 5.56 Å². The summed E-state index contributed by atoms with van der Waals surface area (Å²) in [5.74, 6) is -1.48. The minimum atomic E-state index is -0.857. The smallest absolute Gasteiger partial charge is 0.413 e. The van der Waals surface area contributed by atoms with Crippen LogP contribution >= 0.6 is 11.3 Å². The lowest BCUT2D eigenvalue weighted by Crippen LogP contribution is -2.31. The molecule has 142 valence electrons. The van der Waals surface area contributed by atoms with Crippen LogP contribution in [0, 0.1) is 5.82 Å². The molecule has 0 saturated carbocycles. The van der Waals surface area contributed by atoms with Gasteiger partial charge in [0, 0.05) is 10.4 Å². The molecule has 0 bridgehead atoms. The molecule has 0 fully saturated rings. The molecule has 0 aliphatic heterocycles. The summed E-state index contributed by atoms with van der Waals surface area (Å²) in [5.41, 5.74) is 1.45. The van der Waals surface area contributed by atoms with Crippen molar-refractivity contribution in [2.45, 2.75) is 32.1 Å². The Kier molecular flexibility index (Phi) is 5.85. The predicted octanol–water partition coefficient (Wildman–Crippen LogP) is 3.90. The van der Waals surface area contributed by atoms with Gasteiger partial charge in [-0.15, -0.1) is 11.3 Å². The highest BCUT2D eigenvalue weighted by molar-refractivity contribution is 7.17. The van der Waals surface area contributed by atoms with Crippen LogP contribution in [0.15, 0.2) is 24.3 Å².